The molecule has 0 fully saturated rings. The van der Waals surface area contributed by atoms with E-state index in [0.717, 1.165) is 25.8 Å². The number of hydrogen-bond donors (Lipinski definition) is 2. The van der Waals surface area contributed by atoms with E-state index in [1.165, 1.54) is 21.9 Å². The summed E-state index contributed by atoms with van der Waals surface area (Å²) in [6, 6.07) is 6.70. The normalized spacial score (nSPS) is 18.5. The molecular formula is C13H19BrN2O2S. The quantitative estimate of drug-likeness (QED) is 0.774. The molecule has 0 heterocycles. The van der Waals surface area contributed by atoms with Crippen molar-refractivity contribution < 1.29 is 8.42 Å². The van der Waals surface area contributed by atoms with Crippen LogP contribution in [0, 0.1) is 0 Å². The largest absolute Gasteiger partial charge is 0.310 e. The molecule has 1 atom stereocenters. The lowest BCUT2D eigenvalue weighted by Crippen LogP contribution is -2.27. The van der Waals surface area contributed by atoms with Gasteiger partial charge in [-0.15, -0.1) is 0 Å². The van der Waals surface area contributed by atoms with Crippen LogP contribution >= 0.6 is 15.9 Å². The van der Waals surface area contributed by atoms with Crippen molar-refractivity contribution in [3.05, 3.63) is 33.8 Å². The molecule has 1 aliphatic carbocycles. The van der Waals surface area contributed by atoms with Crippen molar-refractivity contribution in [1.82, 2.24) is 10.0 Å². The zero-order valence-corrected chi connectivity index (χ0v) is 13.4. The molecule has 1 aliphatic rings. The number of fused-ring (bicyclic) bond motifs is 1. The zero-order chi connectivity index (χ0) is 13.9. The Morgan fingerprint density at radius 3 is 2.89 bits per heavy atom. The first-order chi connectivity index (χ1) is 8.97. The third-order valence-electron chi connectivity index (χ3n) is 3.32. The lowest BCUT2D eigenvalue weighted by molar-refractivity contribution is 0.517. The number of benzene rings is 1. The molecule has 0 saturated carbocycles. The molecule has 0 amide bonds. The predicted octanol–water partition coefficient (Wildman–Crippen LogP) is 1.97. The second-order valence-electron chi connectivity index (χ2n) is 4.87. The van der Waals surface area contributed by atoms with Gasteiger partial charge in [-0.1, -0.05) is 28.1 Å². The highest BCUT2D eigenvalue weighted by Crippen LogP contribution is 2.35. The highest BCUT2D eigenvalue weighted by Gasteiger charge is 2.22. The first-order valence-corrected chi connectivity index (χ1v) is 9.11. The van der Waals surface area contributed by atoms with Crippen LogP contribution in [0.2, 0.25) is 0 Å². The van der Waals surface area contributed by atoms with E-state index in [1.54, 1.807) is 0 Å². The Morgan fingerprint density at radius 1 is 1.37 bits per heavy atom. The number of sulfonamides is 1. The molecule has 2 N–H and O–H groups in total. The third kappa shape index (κ3) is 4.27. The van der Waals surface area contributed by atoms with E-state index in [4.69, 9.17) is 0 Å². The van der Waals surface area contributed by atoms with E-state index in [2.05, 4.69) is 44.2 Å². The van der Waals surface area contributed by atoms with E-state index in [0.29, 0.717) is 12.6 Å². The lowest BCUT2D eigenvalue weighted by Gasteiger charge is -2.14. The van der Waals surface area contributed by atoms with Crippen molar-refractivity contribution in [2.45, 2.75) is 25.3 Å². The molecule has 2 rings (SSSR count). The minimum absolute atomic E-state index is 0.394. The van der Waals surface area contributed by atoms with Gasteiger partial charge in [0.05, 0.1) is 6.26 Å². The van der Waals surface area contributed by atoms with Crippen molar-refractivity contribution in [1.29, 1.82) is 0 Å². The number of rotatable bonds is 6. The minimum atomic E-state index is -3.06. The summed E-state index contributed by atoms with van der Waals surface area (Å²) in [5.41, 5.74) is 2.76. The molecule has 0 aliphatic heterocycles. The van der Waals surface area contributed by atoms with Crippen LogP contribution in [0.1, 0.15) is 30.0 Å². The Bertz CT molecular complexity index is 546. The van der Waals surface area contributed by atoms with E-state index in [-0.39, 0.29) is 0 Å². The monoisotopic (exact) mass is 346 g/mol. The van der Waals surface area contributed by atoms with Gasteiger partial charge >= 0.3 is 0 Å². The number of nitrogens with one attached hydrogen (secondary N) is 2. The summed E-state index contributed by atoms with van der Waals surface area (Å²) in [4.78, 5) is 0. The molecule has 0 unspecified atom stereocenters. The van der Waals surface area contributed by atoms with Crippen LogP contribution < -0.4 is 10.0 Å². The van der Waals surface area contributed by atoms with Gasteiger partial charge in [0.2, 0.25) is 10.0 Å². The molecule has 0 saturated heterocycles. The minimum Gasteiger partial charge on any atom is -0.310 e. The molecule has 0 aromatic heterocycles. The van der Waals surface area contributed by atoms with Gasteiger partial charge in [0.15, 0.2) is 0 Å². The van der Waals surface area contributed by atoms with Crippen LogP contribution in [0.25, 0.3) is 0 Å². The number of halogens is 1. The van der Waals surface area contributed by atoms with Gasteiger partial charge < -0.3 is 5.32 Å². The summed E-state index contributed by atoms with van der Waals surface area (Å²) in [7, 11) is -3.06. The SMILES string of the molecule is CS(=O)(=O)NCCCN[C@@H]1CCc2c(Br)cccc21. The Balaban J connectivity index is 1.79. The fourth-order valence-electron chi connectivity index (χ4n) is 2.44. The van der Waals surface area contributed by atoms with Crippen molar-refractivity contribution in [3.8, 4) is 0 Å². The molecule has 0 radical (unpaired) electrons. The maximum Gasteiger partial charge on any atom is 0.208 e. The number of hydrogen-bond acceptors (Lipinski definition) is 3. The fraction of sp³-hybridized carbons (Fsp3) is 0.538. The molecule has 106 valence electrons. The van der Waals surface area contributed by atoms with E-state index < -0.39 is 10.0 Å². The molecule has 1 aromatic rings. The summed E-state index contributed by atoms with van der Waals surface area (Å²) in [6.07, 6.45) is 4.19. The maximum absolute atomic E-state index is 10.9. The van der Waals surface area contributed by atoms with Crippen LogP contribution in [0.4, 0.5) is 0 Å². The van der Waals surface area contributed by atoms with Crippen LogP contribution in [-0.4, -0.2) is 27.8 Å². The maximum atomic E-state index is 10.9. The van der Waals surface area contributed by atoms with Crippen LogP contribution in [0.15, 0.2) is 22.7 Å². The van der Waals surface area contributed by atoms with Crippen LogP contribution in [-0.2, 0) is 16.4 Å². The van der Waals surface area contributed by atoms with E-state index in [1.807, 2.05) is 0 Å². The second kappa shape index (κ2) is 6.35. The molecule has 19 heavy (non-hydrogen) atoms. The topological polar surface area (TPSA) is 58.2 Å². The Morgan fingerprint density at radius 2 is 2.16 bits per heavy atom. The average Bonchev–Trinajstić information content (AvgIpc) is 2.72. The first-order valence-electron chi connectivity index (χ1n) is 6.42. The van der Waals surface area contributed by atoms with Gasteiger partial charge in [-0.25, -0.2) is 13.1 Å². The highest BCUT2D eigenvalue weighted by molar-refractivity contribution is 9.10. The average molecular weight is 347 g/mol. The predicted molar refractivity (Wildman–Crippen MR) is 80.7 cm³/mol. The van der Waals surface area contributed by atoms with Gasteiger partial charge in [0.1, 0.15) is 0 Å². The summed E-state index contributed by atoms with van der Waals surface area (Å²) in [5.74, 6) is 0. The van der Waals surface area contributed by atoms with Crippen LogP contribution in [0.3, 0.4) is 0 Å². The fourth-order valence-corrected chi connectivity index (χ4v) is 3.54. The molecule has 4 nitrogen and oxygen atoms in total. The van der Waals surface area contributed by atoms with Gasteiger partial charge in [-0.3, -0.25) is 0 Å². The summed E-state index contributed by atoms with van der Waals surface area (Å²) in [5, 5.41) is 3.50. The molecule has 0 spiro atoms. The Kier molecular flexibility index (Phi) is 5.00. The van der Waals surface area contributed by atoms with Crippen molar-refractivity contribution in [2.24, 2.45) is 0 Å². The lowest BCUT2D eigenvalue weighted by atomic mass is 10.1. The summed E-state index contributed by atoms with van der Waals surface area (Å²) in [6.45, 7) is 1.31. The molecule has 0 bridgehead atoms. The van der Waals surface area contributed by atoms with Crippen molar-refractivity contribution in [3.63, 3.8) is 0 Å². The third-order valence-corrected chi connectivity index (χ3v) is 4.79. The molecular weight excluding hydrogens is 328 g/mol. The van der Waals surface area contributed by atoms with Gasteiger partial charge in [0.25, 0.3) is 0 Å². The molecule has 6 heteroatoms. The smallest absolute Gasteiger partial charge is 0.208 e. The summed E-state index contributed by atoms with van der Waals surface area (Å²) >= 11 is 3.59. The van der Waals surface area contributed by atoms with E-state index >= 15 is 0 Å². The van der Waals surface area contributed by atoms with Crippen molar-refractivity contribution >= 4 is 26.0 Å². The van der Waals surface area contributed by atoms with Crippen molar-refractivity contribution in [2.75, 3.05) is 19.3 Å². The van der Waals surface area contributed by atoms with Crippen LogP contribution in [0.5, 0.6) is 0 Å². The highest BCUT2D eigenvalue weighted by atomic mass is 79.9. The van der Waals surface area contributed by atoms with E-state index in [9.17, 15) is 8.42 Å². The second-order valence-corrected chi connectivity index (χ2v) is 7.56. The Labute approximate surface area is 123 Å². The van der Waals surface area contributed by atoms with Gasteiger partial charge in [0, 0.05) is 17.1 Å². The van der Waals surface area contributed by atoms with Gasteiger partial charge in [-0.2, -0.15) is 0 Å². The zero-order valence-electron chi connectivity index (χ0n) is 10.9. The van der Waals surface area contributed by atoms with Gasteiger partial charge in [-0.05, 0) is 43.0 Å². The summed E-state index contributed by atoms with van der Waals surface area (Å²) < 4.78 is 25.5. The standard InChI is InChI=1S/C13H19BrN2O2S/c1-19(17,18)16-9-3-8-15-13-7-6-10-11(13)4-2-5-12(10)14/h2,4-5,13,15-16H,3,6-9H2,1H3/t13-/m1/s1. The first kappa shape index (κ1) is 15.0. The Hall–Kier alpha value is -0.430. The molecule has 1 aromatic carbocycles.